The number of azide groups is 1. The van der Waals surface area contributed by atoms with E-state index in [0.717, 1.165) is 5.56 Å². The minimum Gasteiger partial charge on any atom is -0.494 e. The summed E-state index contributed by atoms with van der Waals surface area (Å²) >= 11 is 0. The third kappa shape index (κ3) is 3.63. The van der Waals surface area contributed by atoms with Crippen molar-refractivity contribution in [3.63, 3.8) is 0 Å². The van der Waals surface area contributed by atoms with Crippen molar-refractivity contribution in [3.8, 4) is 5.75 Å². The van der Waals surface area contributed by atoms with Gasteiger partial charge in [-0.1, -0.05) is 23.3 Å². The van der Waals surface area contributed by atoms with Crippen LogP contribution in [0, 0.1) is 5.82 Å². The first-order chi connectivity index (χ1) is 7.77. The molecule has 0 N–H and O–H groups in total. The Morgan fingerprint density at radius 2 is 2.38 bits per heavy atom. The maximum Gasteiger partial charge on any atom is 0.165 e. The molecule has 84 valence electrons. The van der Waals surface area contributed by atoms with Gasteiger partial charge in [-0.25, -0.2) is 4.39 Å². The number of rotatable bonds is 5. The van der Waals surface area contributed by atoms with Gasteiger partial charge in [0.1, 0.15) is 0 Å². The van der Waals surface area contributed by atoms with Gasteiger partial charge in [-0.3, -0.25) is 0 Å². The van der Waals surface area contributed by atoms with Gasteiger partial charge in [0.25, 0.3) is 0 Å². The van der Waals surface area contributed by atoms with Crippen molar-refractivity contribution in [2.75, 3.05) is 13.7 Å². The van der Waals surface area contributed by atoms with Crippen LogP contribution in [-0.2, 0) is 0 Å². The molecule has 1 aromatic carbocycles. The summed E-state index contributed by atoms with van der Waals surface area (Å²) in [7, 11) is 1.42. The molecule has 0 aliphatic carbocycles. The molecule has 0 saturated carbocycles. The van der Waals surface area contributed by atoms with Crippen LogP contribution in [0.25, 0.3) is 16.5 Å². The average molecular weight is 221 g/mol. The van der Waals surface area contributed by atoms with Gasteiger partial charge in [0.2, 0.25) is 0 Å². The zero-order chi connectivity index (χ0) is 11.8. The van der Waals surface area contributed by atoms with E-state index in [1.54, 1.807) is 12.1 Å². The summed E-state index contributed by atoms with van der Waals surface area (Å²) in [5.41, 5.74) is 8.90. The summed E-state index contributed by atoms with van der Waals surface area (Å²) in [6.45, 7) is 0.422. The highest BCUT2D eigenvalue weighted by Crippen LogP contribution is 2.18. The van der Waals surface area contributed by atoms with Gasteiger partial charge < -0.3 is 4.74 Å². The van der Waals surface area contributed by atoms with E-state index in [2.05, 4.69) is 10.0 Å². The molecule has 0 heterocycles. The van der Waals surface area contributed by atoms with Crippen LogP contribution in [0.5, 0.6) is 5.75 Å². The maximum atomic E-state index is 13.1. The summed E-state index contributed by atoms with van der Waals surface area (Å²) in [4.78, 5) is 2.64. The van der Waals surface area contributed by atoms with E-state index >= 15 is 0 Å². The van der Waals surface area contributed by atoms with Crippen LogP contribution in [0.2, 0.25) is 0 Å². The van der Waals surface area contributed by atoms with Crippen LogP contribution in [0.4, 0.5) is 4.39 Å². The Balaban J connectivity index is 2.63. The molecule has 0 radical (unpaired) electrons. The zero-order valence-corrected chi connectivity index (χ0v) is 8.93. The van der Waals surface area contributed by atoms with Crippen LogP contribution in [0.15, 0.2) is 29.4 Å². The molecule has 0 amide bonds. The van der Waals surface area contributed by atoms with Crippen molar-refractivity contribution >= 4 is 6.08 Å². The first-order valence-corrected chi connectivity index (χ1v) is 4.79. The predicted molar refractivity (Wildman–Crippen MR) is 60.6 cm³/mol. The smallest absolute Gasteiger partial charge is 0.165 e. The van der Waals surface area contributed by atoms with Gasteiger partial charge >= 0.3 is 0 Å². The fourth-order valence-corrected chi connectivity index (χ4v) is 1.18. The molecular formula is C11H12FN3O. The van der Waals surface area contributed by atoms with E-state index in [1.807, 2.05) is 12.2 Å². The third-order valence-electron chi connectivity index (χ3n) is 1.94. The molecule has 1 rings (SSSR count). The lowest BCUT2D eigenvalue weighted by Gasteiger charge is -2.02. The predicted octanol–water partition coefficient (Wildman–Crippen LogP) is 3.55. The second-order valence-corrected chi connectivity index (χ2v) is 3.04. The monoisotopic (exact) mass is 221 g/mol. The number of ether oxygens (including phenoxy) is 1. The van der Waals surface area contributed by atoms with E-state index in [1.165, 1.54) is 13.2 Å². The second kappa shape index (κ2) is 6.48. The van der Waals surface area contributed by atoms with Crippen LogP contribution in [0.3, 0.4) is 0 Å². The highest BCUT2D eigenvalue weighted by molar-refractivity contribution is 5.51. The van der Waals surface area contributed by atoms with Gasteiger partial charge in [0, 0.05) is 11.5 Å². The number of benzene rings is 1. The molecule has 0 aliphatic rings. The fourth-order valence-electron chi connectivity index (χ4n) is 1.18. The molecule has 0 fully saturated rings. The number of methoxy groups -OCH3 is 1. The van der Waals surface area contributed by atoms with E-state index in [4.69, 9.17) is 10.3 Å². The van der Waals surface area contributed by atoms with E-state index in [0.29, 0.717) is 13.0 Å². The Kier molecular flexibility index (Phi) is 4.89. The lowest BCUT2D eigenvalue weighted by Crippen LogP contribution is -1.88. The van der Waals surface area contributed by atoms with Crippen LogP contribution in [0.1, 0.15) is 12.0 Å². The Morgan fingerprint density at radius 1 is 1.56 bits per heavy atom. The molecule has 1 aromatic rings. The van der Waals surface area contributed by atoms with Crippen molar-refractivity contribution in [2.24, 2.45) is 5.11 Å². The minimum atomic E-state index is -0.381. The lowest BCUT2D eigenvalue weighted by atomic mass is 10.2. The number of nitrogens with zero attached hydrogens (tertiary/aromatic N) is 3. The van der Waals surface area contributed by atoms with Gasteiger partial charge in [0.05, 0.1) is 7.11 Å². The van der Waals surface area contributed by atoms with Crippen LogP contribution >= 0.6 is 0 Å². The first kappa shape index (κ1) is 12.1. The molecule has 0 spiro atoms. The minimum absolute atomic E-state index is 0.220. The van der Waals surface area contributed by atoms with Crippen LogP contribution < -0.4 is 4.74 Å². The SMILES string of the molecule is COc1cc(C=CCCN=[N+]=[N-])ccc1F. The van der Waals surface area contributed by atoms with Crippen LogP contribution in [-0.4, -0.2) is 13.7 Å². The molecule has 16 heavy (non-hydrogen) atoms. The molecule has 4 nitrogen and oxygen atoms in total. The molecule has 0 unspecified atom stereocenters. The normalized spacial score (nSPS) is 10.1. The molecule has 0 aliphatic heterocycles. The summed E-state index contributed by atoms with van der Waals surface area (Å²) in [5, 5.41) is 3.40. The number of hydrogen-bond donors (Lipinski definition) is 0. The lowest BCUT2D eigenvalue weighted by molar-refractivity contribution is 0.386. The maximum absolute atomic E-state index is 13.1. The van der Waals surface area contributed by atoms with Crippen molar-refractivity contribution in [1.29, 1.82) is 0 Å². The Bertz CT molecular complexity index is 425. The number of hydrogen-bond acceptors (Lipinski definition) is 2. The summed E-state index contributed by atoms with van der Waals surface area (Å²) < 4.78 is 17.9. The highest BCUT2D eigenvalue weighted by Gasteiger charge is 2.00. The quantitative estimate of drug-likeness (QED) is 0.324. The van der Waals surface area contributed by atoms with E-state index in [9.17, 15) is 4.39 Å². The first-order valence-electron chi connectivity index (χ1n) is 4.79. The summed E-state index contributed by atoms with van der Waals surface area (Å²) in [6, 6.07) is 4.62. The molecule has 0 saturated heterocycles. The fraction of sp³-hybridized carbons (Fsp3) is 0.273. The largest absolute Gasteiger partial charge is 0.494 e. The summed E-state index contributed by atoms with van der Waals surface area (Å²) in [5.74, 6) is -0.161. The van der Waals surface area contributed by atoms with Crippen molar-refractivity contribution in [1.82, 2.24) is 0 Å². The van der Waals surface area contributed by atoms with E-state index in [-0.39, 0.29) is 11.6 Å². The zero-order valence-electron chi connectivity index (χ0n) is 8.93. The van der Waals surface area contributed by atoms with Gasteiger partial charge in [0.15, 0.2) is 11.6 Å². The molecule has 0 bridgehead atoms. The summed E-state index contributed by atoms with van der Waals surface area (Å²) in [6.07, 6.45) is 4.35. The molecule has 0 atom stereocenters. The third-order valence-corrected chi connectivity index (χ3v) is 1.94. The average Bonchev–Trinajstić information content (AvgIpc) is 2.31. The molecular weight excluding hydrogens is 209 g/mol. The van der Waals surface area contributed by atoms with Crippen molar-refractivity contribution in [3.05, 3.63) is 46.1 Å². The van der Waals surface area contributed by atoms with Crippen molar-refractivity contribution < 1.29 is 9.13 Å². The van der Waals surface area contributed by atoms with Gasteiger partial charge in [-0.15, -0.1) is 0 Å². The van der Waals surface area contributed by atoms with Crippen molar-refractivity contribution in [2.45, 2.75) is 6.42 Å². The second-order valence-electron chi connectivity index (χ2n) is 3.04. The highest BCUT2D eigenvalue weighted by atomic mass is 19.1. The molecule has 0 aromatic heterocycles. The van der Waals surface area contributed by atoms with Gasteiger partial charge in [-0.2, -0.15) is 0 Å². The Labute approximate surface area is 93.0 Å². The Hall–Kier alpha value is -2.00. The Morgan fingerprint density at radius 3 is 3.06 bits per heavy atom. The van der Waals surface area contributed by atoms with E-state index < -0.39 is 0 Å². The molecule has 5 heteroatoms. The standard InChI is InChI=1S/C11H12FN3O/c1-16-11-8-9(5-6-10(11)12)4-2-3-7-14-15-13/h2,4-6,8H,3,7H2,1H3. The topological polar surface area (TPSA) is 58.0 Å². The number of halogens is 1. The van der Waals surface area contributed by atoms with Gasteiger partial charge in [-0.05, 0) is 29.6 Å².